The number of β-amino-alcohol motifs (C(OH)–C–C–N with tert-alkyl or cyclic N) is 1. The van der Waals surface area contributed by atoms with Crippen LogP contribution >= 0.6 is 0 Å². The Morgan fingerprint density at radius 1 is 1.32 bits per heavy atom. The monoisotopic (exact) mass is 264 g/mol. The minimum atomic E-state index is -0.193. The molecule has 106 valence electrons. The molecule has 2 saturated heterocycles. The summed E-state index contributed by atoms with van der Waals surface area (Å²) in [6.07, 6.45) is 3.88. The van der Waals surface area contributed by atoms with Crippen molar-refractivity contribution in [3.8, 4) is 11.8 Å². The van der Waals surface area contributed by atoms with Crippen molar-refractivity contribution in [3.05, 3.63) is 0 Å². The van der Waals surface area contributed by atoms with Crippen LogP contribution in [0.3, 0.4) is 0 Å². The number of piperidine rings is 1. The predicted octanol–water partition coefficient (Wildman–Crippen LogP) is 0.707. The van der Waals surface area contributed by atoms with E-state index < -0.39 is 0 Å². The van der Waals surface area contributed by atoms with Gasteiger partial charge in [-0.2, -0.15) is 0 Å². The van der Waals surface area contributed by atoms with E-state index in [1.165, 1.54) is 0 Å². The van der Waals surface area contributed by atoms with Crippen molar-refractivity contribution in [3.63, 3.8) is 0 Å². The lowest BCUT2D eigenvalue weighted by Crippen LogP contribution is -2.50. The highest BCUT2D eigenvalue weighted by Crippen LogP contribution is 2.39. The average molecular weight is 264 g/mol. The van der Waals surface area contributed by atoms with E-state index in [1.807, 2.05) is 4.90 Å². The average Bonchev–Trinajstić information content (AvgIpc) is 2.80. The van der Waals surface area contributed by atoms with Gasteiger partial charge in [0.15, 0.2) is 0 Å². The molecule has 2 aliphatic rings. The van der Waals surface area contributed by atoms with Gasteiger partial charge in [0, 0.05) is 32.6 Å². The molecule has 2 heterocycles. The SMILES string of the molecule is CCC#CCN1CC[C@@]2(CCCN(CCO)C2=O)C1. The van der Waals surface area contributed by atoms with Gasteiger partial charge in [-0.3, -0.25) is 9.69 Å². The topological polar surface area (TPSA) is 43.8 Å². The Bertz CT molecular complexity index is 383. The molecule has 1 atom stereocenters. The van der Waals surface area contributed by atoms with Crippen LogP contribution in [0.25, 0.3) is 0 Å². The Labute approximate surface area is 115 Å². The predicted molar refractivity (Wildman–Crippen MR) is 74.5 cm³/mol. The summed E-state index contributed by atoms with van der Waals surface area (Å²) in [5.74, 6) is 6.50. The van der Waals surface area contributed by atoms with Crippen molar-refractivity contribution < 1.29 is 9.90 Å². The molecule has 1 N–H and O–H groups in total. The second-order valence-corrected chi connectivity index (χ2v) is 5.57. The van der Waals surface area contributed by atoms with E-state index in [0.717, 1.165) is 51.9 Å². The number of likely N-dealkylation sites (tertiary alicyclic amines) is 2. The number of rotatable bonds is 3. The summed E-state index contributed by atoms with van der Waals surface area (Å²) in [6.45, 7) is 5.99. The standard InChI is InChI=1S/C15H24N2O2/c1-2-3-4-8-16-10-7-15(13-16)6-5-9-17(11-12-18)14(15)19/h18H,2,5-13H2,1H3/t15-/m0/s1. The van der Waals surface area contributed by atoms with Crippen molar-refractivity contribution in [2.24, 2.45) is 5.41 Å². The normalized spacial score (nSPS) is 27.7. The van der Waals surface area contributed by atoms with Gasteiger partial charge in [0.05, 0.1) is 18.6 Å². The summed E-state index contributed by atoms with van der Waals surface area (Å²) in [4.78, 5) is 16.7. The summed E-state index contributed by atoms with van der Waals surface area (Å²) in [6, 6.07) is 0. The maximum atomic E-state index is 12.6. The van der Waals surface area contributed by atoms with Crippen LogP contribution in [-0.4, -0.2) is 60.1 Å². The summed E-state index contributed by atoms with van der Waals surface area (Å²) < 4.78 is 0. The molecule has 2 aliphatic heterocycles. The van der Waals surface area contributed by atoms with Crippen molar-refractivity contribution in [2.45, 2.75) is 32.6 Å². The van der Waals surface area contributed by atoms with Gasteiger partial charge < -0.3 is 10.0 Å². The third kappa shape index (κ3) is 3.10. The van der Waals surface area contributed by atoms with Crippen LogP contribution in [0.5, 0.6) is 0 Å². The molecule has 2 rings (SSSR count). The molecule has 4 heteroatoms. The molecule has 0 aromatic rings. The summed E-state index contributed by atoms with van der Waals surface area (Å²) in [5.41, 5.74) is -0.193. The minimum absolute atomic E-state index is 0.0630. The molecule has 0 saturated carbocycles. The molecule has 0 aliphatic carbocycles. The van der Waals surface area contributed by atoms with Gasteiger partial charge in [0.25, 0.3) is 0 Å². The van der Waals surface area contributed by atoms with Gasteiger partial charge in [-0.05, 0) is 19.3 Å². The largest absolute Gasteiger partial charge is 0.395 e. The summed E-state index contributed by atoms with van der Waals surface area (Å²) in [5, 5.41) is 9.04. The summed E-state index contributed by atoms with van der Waals surface area (Å²) >= 11 is 0. The Morgan fingerprint density at radius 3 is 2.89 bits per heavy atom. The first-order valence-electron chi connectivity index (χ1n) is 7.30. The van der Waals surface area contributed by atoms with E-state index in [0.29, 0.717) is 6.54 Å². The van der Waals surface area contributed by atoms with Crippen molar-refractivity contribution in [1.82, 2.24) is 9.80 Å². The van der Waals surface area contributed by atoms with Crippen molar-refractivity contribution in [2.75, 3.05) is 39.3 Å². The highest BCUT2D eigenvalue weighted by molar-refractivity contribution is 5.84. The fourth-order valence-corrected chi connectivity index (χ4v) is 3.25. The third-order valence-electron chi connectivity index (χ3n) is 4.23. The van der Waals surface area contributed by atoms with Crippen LogP contribution in [0.1, 0.15) is 32.6 Å². The number of carbonyl (C=O) groups excluding carboxylic acids is 1. The van der Waals surface area contributed by atoms with E-state index >= 15 is 0 Å². The van der Waals surface area contributed by atoms with Gasteiger partial charge >= 0.3 is 0 Å². The Balaban J connectivity index is 1.97. The van der Waals surface area contributed by atoms with Gasteiger partial charge in [-0.1, -0.05) is 12.8 Å². The third-order valence-corrected chi connectivity index (χ3v) is 4.23. The Morgan fingerprint density at radius 2 is 2.16 bits per heavy atom. The molecule has 0 aromatic carbocycles. The second-order valence-electron chi connectivity index (χ2n) is 5.57. The van der Waals surface area contributed by atoms with Crippen molar-refractivity contribution in [1.29, 1.82) is 0 Å². The quantitative estimate of drug-likeness (QED) is 0.763. The maximum absolute atomic E-state index is 12.6. The van der Waals surface area contributed by atoms with Gasteiger partial charge in [-0.15, -0.1) is 5.92 Å². The molecule has 4 nitrogen and oxygen atoms in total. The fraction of sp³-hybridized carbons (Fsp3) is 0.800. The molecule has 19 heavy (non-hydrogen) atoms. The number of aliphatic hydroxyl groups is 1. The molecule has 0 bridgehead atoms. The molecule has 2 fully saturated rings. The number of aliphatic hydroxyl groups excluding tert-OH is 1. The molecule has 0 radical (unpaired) electrons. The number of nitrogens with zero attached hydrogens (tertiary/aromatic N) is 2. The Hall–Kier alpha value is -1.05. The zero-order valence-corrected chi connectivity index (χ0v) is 11.8. The fourth-order valence-electron chi connectivity index (χ4n) is 3.25. The highest BCUT2D eigenvalue weighted by Gasteiger charge is 2.47. The van der Waals surface area contributed by atoms with Gasteiger partial charge in [0.2, 0.25) is 5.91 Å². The smallest absolute Gasteiger partial charge is 0.230 e. The van der Waals surface area contributed by atoms with Crippen LogP contribution < -0.4 is 0 Å². The first-order chi connectivity index (χ1) is 9.22. The van der Waals surface area contributed by atoms with E-state index in [4.69, 9.17) is 5.11 Å². The molecule has 0 unspecified atom stereocenters. The van der Waals surface area contributed by atoms with E-state index in [1.54, 1.807) is 0 Å². The van der Waals surface area contributed by atoms with Crippen LogP contribution in [0, 0.1) is 17.3 Å². The van der Waals surface area contributed by atoms with E-state index in [-0.39, 0.29) is 17.9 Å². The zero-order chi connectivity index (χ0) is 13.7. The molecular formula is C15H24N2O2. The zero-order valence-electron chi connectivity index (χ0n) is 11.8. The van der Waals surface area contributed by atoms with Gasteiger partial charge in [0.1, 0.15) is 0 Å². The molecule has 1 amide bonds. The lowest BCUT2D eigenvalue weighted by molar-refractivity contribution is -0.146. The number of carbonyl (C=O) groups is 1. The number of hydrogen-bond donors (Lipinski definition) is 1. The van der Waals surface area contributed by atoms with Crippen LogP contribution in [0.4, 0.5) is 0 Å². The van der Waals surface area contributed by atoms with Gasteiger partial charge in [-0.25, -0.2) is 0 Å². The van der Waals surface area contributed by atoms with Crippen LogP contribution in [0.2, 0.25) is 0 Å². The van der Waals surface area contributed by atoms with Crippen molar-refractivity contribution >= 4 is 5.91 Å². The van der Waals surface area contributed by atoms with Crippen LogP contribution in [-0.2, 0) is 4.79 Å². The highest BCUT2D eigenvalue weighted by atomic mass is 16.3. The Kier molecular flexibility index (Phi) is 4.84. The lowest BCUT2D eigenvalue weighted by Gasteiger charge is -2.39. The first kappa shape index (κ1) is 14.4. The first-order valence-corrected chi connectivity index (χ1v) is 7.30. The summed E-state index contributed by atoms with van der Waals surface area (Å²) in [7, 11) is 0. The molecule has 1 spiro atoms. The molecular weight excluding hydrogens is 240 g/mol. The lowest BCUT2D eigenvalue weighted by atomic mass is 9.78. The number of hydrogen-bond acceptors (Lipinski definition) is 3. The molecule has 0 aromatic heterocycles. The maximum Gasteiger partial charge on any atom is 0.230 e. The van der Waals surface area contributed by atoms with E-state index in [2.05, 4.69) is 23.7 Å². The minimum Gasteiger partial charge on any atom is -0.395 e. The van der Waals surface area contributed by atoms with E-state index in [9.17, 15) is 4.79 Å². The second kappa shape index (κ2) is 6.40. The number of amides is 1. The van der Waals surface area contributed by atoms with Crippen LogP contribution in [0.15, 0.2) is 0 Å².